The van der Waals surface area contributed by atoms with E-state index in [0.717, 1.165) is 25.6 Å². The Morgan fingerprint density at radius 3 is 2.41 bits per heavy atom. The van der Waals surface area contributed by atoms with Gasteiger partial charge >= 0.3 is 0 Å². The summed E-state index contributed by atoms with van der Waals surface area (Å²) in [7, 11) is 0. The monoisotopic (exact) mass is 372 g/mol. The lowest BCUT2D eigenvalue weighted by molar-refractivity contribution is 0.0929. The van der Waals surface area contributed by atoms with Crippen molar-refractivity contribution in [3.05, 3.63) is 17.5 Å². The number of amides is 1. The van der Waals surface area contributed by atoms with Crippen molar-refractivity contribution in [2.75, 3.05) is 13.1 Å². The van der Waals surface area contributed by atoms with E-state index < -0.39 is 0 Å². The van der Waals surface area contributed by atoms with Crippen molar-refractivity contribution in [1.82, 2.24) is 20.0 Å². The summed E-state index contributed by atoms with van der Waals surface area (Å²) in [6.45, 7) is 8.62. The fourth-order valence-corrected chi connectivity index (χ4v) is 4.83. The number of aromatic nitrogens is 2. The molecule has 150 valence electrons. The Kier molecular flexibility index (Phi) is 5.32. The zero-order valence-corrected chi connectivity index (χ0v) is 17.3. The van der Waals surface area contributed by atoms with Crippen LogP contribution in [0.2, 0.25) is 0 Å². The second-order valence-electron chi connectivity index (χ2n) is 9.91. The summed E-state index contributed by atoms with van der Waals surface area (Å²) in [6.07, 6.45) is 11.7. The molecule has 3 aliphatic rings. The fraction of sp³-hybridized carbons (Fsp3) is 0.818. The van der Waals surface area contributed by atoms with E-state index in [2.05, 4.69) is 35.7 Å². The van der Waals surface area contributed by atoms with Gasteiger partial charge in [-0.2, -0.15) is 5.10 Å². The molecule has 1 unspecified atom stereocenters. The maximum atomic E-state index is 12.9. The van der Waals surface area contributed by atoms with Crippen LogP contribution in [-0.4, -0.2) is 45.8 Å². The summed E-state index contributed by atoms with van der Waals surface area (Å²) in [5.41, 5.74) is 1.75. The normalized spacial score (nSPS) is 25.5. The Balaban J connectivity index is 1.38. The summed E-state index contributed by atoms with van der Waals surface area (Å²) < 4.78 is 2.08. The number of likely N-dealkylation sites (tertiary alicyclic amines) is 1. The largest absolute Gasteiger partial charge is 0.347 e. The molecule has 1 N–H and O–H groups in total. The number of carbonyl (C=O) groups is 1. The topological polar surface area (TPSA) is 50.2 Å². The summed E-state index contributed by atoms with van der Waals surface area (Å²) in [5, 5.41) is 7.97. The summed E-state index contributed by atoms with van der Waals surface area (Å²) in [6, 6.07) is 3.04. The van der Waals surface area contributed by atoms with E-state index in [0.29, 0.717) is 11.6 Å². The van der Waals surface area contributed by atoms with Gasteiger partial charge in [0.15, 0.2) is 0 Å². The Hall–Kier alpha value is -1.36. The van der Waals surface area contributed by atoms with Crippen molar-refractivity contribution in [3.63, 3.8) is 0 Å². The molecule has 1 atom stereocenters. The average Bonchev–Trinajstić information content (AvgIpc) is 3.28. The first-order valence-electron chi connectivity index (χ1n) is 11.1. The zero-order valence-electron chi connectivity index (χ0n) is 17.3. The molecule has 5 heteroatoms. The molecule has 4 rings (SSSR count). The Bertz CT molecular complexity index is 662. The first-order valence-corrected chi connectivity index (χ1v) is 11.1. The van der Waals surface area contributed by atoms with Gasteiger partial charge in [-0.3, -0.25) is 14.4 Å². The number of nitrogens with zero attached hydrogens (tertiary/aromatic N) is 3. The lowest BCUT2D eigenvalue weighted by atomic mass is 10.1. The van der Waals surface area contributed by atoms with E-state index in [1.165, 1.54) is 57.1 Å². The molecule has 1 aliphatic heterocycles. The number of rotatable bonds is 4. The zero-order chi connectivity index (χ0) is 19.0. The van der Waals surface area contributed by atoms with Crippen molar-refractivity contribution in [1.29, 1.82) is 0 Å². The van der Waals surface area contributed by atoms with Crippen molar-refractivity contribution >= 4 is 5.91 Å². The SMILES string of the molecule is CC(C)(C)n1nc(C(=O)NC2CCN(C3CCCCCC3)C2)cc1C1CC1. The van der Waals surface area contributed by atoms with Crippen LogP contribution in [0.15, 0.2) is 6.07 Å². The molecule has 2 aliphatic carbocycles. The highest BCUT2D eigenvalue weighted by atomic mass is 16.2. The second kappa shape index (κ2) is 7.57. The van der Waals surface area contributed by atoms with Gasteiger partial charge in [0.05, 0.1) is 5.54 Å². The number of nitrogens with one attached hydrogen (secondary N) is 1. The molecule has 1 aromatic rings. The molecule has 1 saturated heterocycles. The van der Waals surface area contributed by atoms with Gasteiger partial charge in [0, 0.05) is 36.8 Å². The third-order valence-electron chi connectivity index (χ3n) is 6.50. The van der Waals surface area contributed by atoms with E-state index in [1.54, 1.807) is 0 Å². The quantitative estimate of drug-likeness (QED) is 0.812. The standard InChI is InChI=1S/C22H36N4O/c1-22(2,3)26-20(16-10-11-16)14-19(24-26)21(27)23-17-12-13-25(15-17)18-8-6-4-5-7-9-18/h14,16-18H,4-13,15H2,1-3H3,(H,23,27). The number of hydrogen-bond donors (Lipinski definition) is 1. The van der Waals surface area contributed by atoms with Gasteiger partial charge in [0.1, 0.15) is 5.69 Å². The molecule has 5 nitrogen and oxygen atoms in total. The van der Waals surface area contributed by atoms with E-state index in [4.69, 9.17) is 5.10 Å². The maximum Gasteiger partial charge on any atom is 0.272 e. The molecular weight excluding hydrogens is 336 g/mol. The summed E-state index contributed by atoms with van der Waals surface area (Å²) in [5.74, 6) is 0.600. The van der Waals surface area contributed by atoms with Crippen LogP contribution in [0.4, 0.5) is 0 Å². The van der Waals surface area contributed by atoms with Crippen LogP contribution in [-0.2, 0) is 5.54 Å². The third kappa shape index (κ3) is 4.39. The van der Waals surface area contributed by atoms with Gasteiger partial charge in [-0.15, -0.1) is 0 Å². The van der Waals surface area contributed by atoms with Gasteiger partial charge in [0.2, 0.25) is 0 Å². The Morgan fingerprint density at radius 1 is 1.07 bits per heavy atom. The number of carbonyl (C=O) groups excluding carboxylic acids is 1. The van der Waals surface area contributed by atoms with Gasteiger partial charge in [-0.25, -0.2) is 0 Å². The predicted molar refractivity (Wildman–Crippen MR) is 108 cm³/mol. The van der Waals surface area contributed by atoms with E-state index in [9.17, 15) is 4.79 Å². The predicted octanol–water partition coefficient (Wildman–Crippen LogP) is 4.04. The van der Waals surface area contributed by atoms with Gasteiger partial charge in [-0.05, 0) is 58.9 Å². The van der Waals surface area contributed by atoms with Gasteiger partial charge in [0.25, 0.3) is 5.91 Å². The molecule has 1 amide bonds. The molecule has 0 radical (unpaired) electrons. The second-order valence-corrected chi connectivity index (χ2v) is 9.91. The highest BCUT2D eigenvalue weighted by molar-refractivity contribution is 5.92. The summed E-state index contributed by atoms with van der Waals surface area (Å²) >= 11 is 0. The molecule has 2 heterocycles. The van der Waals surface area contributed by atoms with Crippen LogP contribution in [0.1, 0.15) is 101 Å². The van der Waals surface area contributed by atoms with Crippen molar-refractivity contribution in [2.45, 2.75) is 102 Å². The van der Waals surface area contributed by atoms with Crippen LogP contribution < -0.4 is 5.32 Å². The summed E-state index contributed by atoms with van der Waals surface area (Å²) in [4.78, 5) is 15.5. The van der Waals surface area contributed by atoms with Crippen LogP contribution in [0.3, 0.4) is 0 Å². The van der Waals surface area contributed by atoms with Crippen molar-refractivity contribution < 1.29 is 4.79 Å². The molecular formula is C22H36N4O. The van der Waals surface area contributed by atoms with Crippen molar-refractivity contribution in [3.8, 4) is 0 Å². The van der Waals surface area contributed by atoms with E-state index in [-0.39, 0.29) is 17.5 Å². The smallest absolute Gasteiger partial charge is 0.272 e. The molecule has 1 aromatic heterocycles. The molecule has 0 aromatic carbocycles. The highest BCUT2D eigenvalue weighted by Gasteiger charge is 2.34. The molecule has 0 spiro atoms. The third-order valence-corrected chi connectivity index (χ3v) is 6.50. The van der Waals surface area contributed by atoms with Crippen LogP contribution in [0.5, 0.6) is 0 Å². The molecule has 0 bridgehead atoms. The van der Waals surface area contributed by atoms with Gasteiger partial charge in [-0.1, -0.05) is 25.7 Å². The minimum atomic E-state index is -0.0832. The molecule has 2 saturated carbocycles. The molecule has 27 heavy (non-hydrogen) atoms. The number of hydrogen-bond acceptors (Lipinski definition) is 3. The molecule has 3 fully saturated rings. The van der Waals surface area contributed by atoms with Crippen LogP contribution in [0, 0.1) is 0 Å². The average molecular weight is 373 g/mol. The Labute approximate surface area is 163 Å². The maximum absolute atomic E-state index is 12.9. The lowest BCUT2D eigenvalue weighted by Crippen LogP contribution is -2.40. The minimum Gasteiger partial charge on any atom is -0.347 e. The van der Waals surface area contributed by atoms with Crippen LogP contribution in [0.25, 0.3) is 0 Å². The lowest BCUT2D eigenvalue weighted by Gasteiger charge is -2.26. The van der Waals surface area contributed by atoms with Crippen molar-refractivity contribution in [2.24, 2.45) is 0 Å². The van der Waals surface area contributed by atoms with Gasteiger partial charge < -0.3 is 5.32 Å². The van der Waals surface area contributed by atoms with Crippen LogP contribution >= 0.6 is 0 Å². The van der Waals surface area contributed by atoms with E-state index >= 15 is 0 Å². The highest BCUT2D eigenvalue weighted by Crippen LogP contribution is 2.41. The Morgan fingerprint density at radius 2 is 1.78 bits per heavy atom. The first-order chi connectivity index (χ1) is 12.9. The fourth-order valence-electron chi connectivity index (χ4n) is 4.83. The first kappa shape index (κ1) is 19.0. The van der Waals surface area contributed by atoms with E-state index in [1.807, 2.05) is 6.07 Å². The minimum absolute atomic E-state index is 0.00705.